The smallest absolute Gasteiger partial charge is 0.490 e. The summed E-state index contributed by atoms with van der Waals surface area (Å²) >= 11 is 11.4. The molecule has 0 saturated carbocycles. The van der Waals surface area contributed by atoms with E-state index in [2.05, 4.69) is 4.18 Å². The molecule has 0 amide bonds. The Labute approximate surface area is 119 Å². The summed E-state index contributed by atoms with van der Waals surface area (Å²) in [6.45, 7) is -0.376. The Morgan fingerprint density at radius 1 is 1.24 bits per heavy atom. The SMILES string of the molecule is O=S(=O)(O)OCCOc1ccc(Cl)cc1Cl.[Cu+2]. The normalized spacial score (nSPS) is 10.8. The molecule has 0 unspecified atom stereocenters. The molecule has 0 atom stereocenters. The van der Waals surface area contributed by atoms with Crippen LogP contribution >= 0.6 is 23.2 Å². The second kappa shape index (κ2) is 7.43. The minimum Gasteiger partial charge on any atom is -0.490 e. The molecule has 0 aliphatic carbocycles. The standard InChI is InChI=1S/C8H8Cl2O5S.Cu/c9-6-1-2-8(7(10)5-6)14-3-4-15-16(11,12)13;/h1-2,5H,3-4H2,(H,11,12,13);/q;+2. The van der Waals surface area contributed by atoms with Crippen molar-refractivity contribution in [3.63, 3.8) is 0 Å². The molecule has 0 bridgehead atoms. The minimum absolute atomic E-state index is 0. The van der Waals surface area contributed by atoms with Gasteiger partial charge < -0.3 is 4.74 Å². The molecular weight excluding hydrogens is 343 g/mol. The van der Waals surface area contributed by atoms with Crippen LogP contribution in [0.2, 0.25) is 10.0 Å². The molecule has 1 rings (SSSR count). The zero-order chi connectivity index (χ0) is 12.2. The third kappa shape index (κ3) is 7.10. The van der Waals surface area contributed by atoms with Gasteiger partial charge in [-0.25, -0.2) is 4.18 Å². The second-order valence-corrected chi connectivity index (χ2v) is 4.61. The Kier molecular flexibility index (Phi) is 7.43. The van der Waals surface area contributed by atoms with E-state index in [1.54, 1.807) is 6.07 Å². The van der Waals surface area contributed by atoms with E-state index in [9.17, 15) is 8.42 Å². The Balaban J connectivity index is 0.00000256. The first-order valence-electron chi connectivity index (χ1n) is 4.08. The molecule has 1 N–H and O–H groups in total. The molecule has 1 aromatic rings. The fraction of sp³-hybridized carbons (Fsp3) is 0.250. The molecule has 99 valence electrons. The third-order valence-electron chi connectivity index (χ3n) is 1.47. The number of hydrogen-bond donors (Lipinski definition) is 1. The van der Waals surface area contributed by atoms with Gasteiger partial charge in [-0.15, -0.1) is 0 Å². The Hall–Kier alpha value is -0.0105. The van der Waals surface area contributed by atoms with E-state index >= 15 is 0 Å². The summed E-state index contributed by atoms with van der Waals surface area (Å²) in [4.78, 5) is 0. The van der Waals surface area contributed by atoms with Crippen LogP contribution in [-0.4, -0.2) is 26.2 Å². The van der Waals surface area contributed by atoms with Gasteiger partial charge in [-0.1, -0.05) is 23.2 Å². The van der Waals surface area contributed by atoms with Crippen molar-refractivity contribution in [1.29, 1.82) is 0 Å². The van der Waals surface area contributed by atoms with Crippen molar-refractivity contribution in [2.24, 2.45) is 0 Å². The van der Waals surface area contributed by atoms with Gasteiger partial charge in [0.1, 0.15) is 19.0 Å². The fourth-order valence-electron chi connectivity index (χ4n) is 0.883. The molecule has 1 radical (unpaired) electrons. The van der Waals surface area contributed by atoms with Gasteiger partial charge in [0.05, 0.1) is 5.02 Å². The van der Waals surface area contributed by atoms with Gasteiger partial charge in [0.2, 0.25) is 0 Å². The monoisotopic (exact) mass is 349 g/mol. The van der Waals surface area contributed by atoms with Gasteiger partial charge in [-0.05, 0) is 18.2 Å². The quantitative estimate of drug-likeness (QED) is 0.500. The Bertz CT molecular complexity index is 465. The van der Waals surface area contributed by atoms with Gasteiger partial charge >= 0.3 is 27.5 Å². The van der Waals surface area contributed by atoms with Crippen molar-refractivity contribution in [3.05, 3.63) is 28.2 Å². The third-order valence-corrected chi connectivity index (χ3v) is 2.46. The van der Waals surface area contributed by atoms with E-state index in [1.165, 1.54) is 12.1 Å². The molecule has 0 aliphatic rings. The fourth-order valence-corrected chi connectivity index (χ4v) is 1.62. The summed E-state index contributed by atoms with van der Waals surface area (Å²) in [6.07, 6.45) is 0. The van der Waals surface area contributed by atoms with E-state index in [0.717, 1.165) is 0 Å². The van der Waals surface area contributed by atoms with E-state index in [1.807, 2.05) is 0 Å². The maximum atomic E-state index is 10.2. The summed E-state index contributed by atoms with van der Waals surface area (Å²) in [6, 6.07) is 4.60. The summed E-state index contributed by atoms with van der Waals surface area (Å²) in [5, 5.41) is 0.769. The molecule has 0 aromatic heterocycles. The number of halogens is 2. The molecule has 1 aromatic carbocycles. The molecular formula is C8H8Cl2CuO5S+2. The Morgan fingerprint density at radius 3 is 2.41 bits per heavy atom. The second-order valence-electron chi connectivity index (χ2n) is 2.67. The van der Waals surface area contributed by atoms with Gasteiger partial charge in [0.25, 0.3) is 0 Å². The predicted molar refractivity (Wildman–Crippen MR) is 59.5 cm³/mol. The zero-order valence-corrected chi connectivity index (χ0v) is 11.5. The van der Waals surface area contributed by atoms with Crippen LogP contribution in [0.4, 0.5) is 0 Å². The van der Waals surface area contributed by atoms with Gasteiger partial charge in [0.15, 0.2) is 0 Å². The van der Waals surface area contributed by atoms with Crippen LogP contribution in [-0.2, 0) is 31.7 Å². The molecule has 0 fully saturated rings. The molecule has 9 heteroatoms. The maximum Gasteiger partial charge on any atom is 2.00 e. The van der Waals surface area contributed by atoms with E-state index < -0.39 is 10.4 Å². The largest absolute Gasteiger partial charge is 2.00 e. The van der Waals surface area contributed by atoms with E-state index in [-0.39, 0.29) is 30.3 Å². The average molecular weight is 351 g/mol. The Morgan fingerprint density at radius 2 is 1.88 bits per heavy atom. The zero-order valence-electron chi connectivity index (χ0n) is 8.19. The molecule has 5 nitrogen and oxygen atoms in total. The average Bonchev–Trinajstić information content (AvgIpc) is 2.13. The van der Waals surface area contributed by atoms with Crippen LogP contribution in [0.1, 0.15) is 0 Å². The van der Waals surface area contributed by atoms with Gasteiger partial charge in [-0.3, -0.25) is 4.55 Å². The summed E-state index contributed by atoms with van der Waals surface area (Å²) in [7, 11) is -4.43. The molecule has 0 aliphatic heterocycles. The first kappa shape index (κ1) is 17.0. The van der Waals surface area contributed by atoms with Crippen LogP contribution in [0.3, 0.4) is 0 Å². The first-order chi connectivity index (χ1) is 7.38. The van der Waals surface area contributed by atoms with Crippen molar-refractivity contribution < 1.29 is 39.0 Å². The number of hydrogen-bond acceptors (Lipinski definition) is 4. The van der Waals surface area contributed by atoms with Crippen LogP contribution in [0, 0.1) is 0 Å². The van der Waals surface area contributed by atoms with E-state index in [0.29, 0.717) is 15.8 Å². The number of ether oxygens (including phenoxy) is 1. The minimum atomic E-state index is -4.43. The van der Waals surface area contributed by atoms with Crippen molar-refractivity contribution in [3.8, 4) is 5.75 Å². The number of benzene rings is 1. The molecule has 0 heterocycles. The molecule has 0 spiro atoms. The van der Waals surface area contributed by atoms with Crippen LogP contribution in [0.15, 0.2) is 18.2 Å². The summed E-state index contributed by atoms with van der Waals surface area (Å²) < 4.78 is 37.8. The summed E-state index contributed by atoms with van der Waals surface area (Å²) in [5.74, 6) is 0.352. The number of rotatable bonds is 5. The predicted octanol–water partition coefficient (Wildman–Crippen LogP) is 2.19. The summed E-state index contributed by atoms with van der Waals surface area (Å²) in [5.41, 5.74) is 0. The van der Waals surface area contributed by atoms with Crippen molar-refractivity contribution in [2.75, 3.05) is 13.2 Å². The topological polar surface area (TPSA) is 72.8 Å². The molecule has 0 saturated heterocycles. The van der Waals surface area contributed by atoms with Gasteiger partial charge in [0, 0.05) is 5.02 Å². The van der Waals surface area contributed by atoms with Crippen LogP contribution in [0.25, 0.3) is 0 Å². The van der Waals surface area contributed by atoms with Crippen molar-refractivity contribution >= 4 is 33.6 Å². The van der Waals surface area contributed by atoms with E-state index in [4.69, 9.17) is 32.5 Å². The van der Waals surface area contributed by atoms with Crippen molar-refractivity contribution in [2.45, 2.75) is 0 Å². The molecule has 17 heavy (non-hydrogen) atoms. The first-order valence-corrected chi connectivity index (χ1v) is 6.20. The maximum absolute atomic E-state index is 10.2. The van der Waals surface area contributed by atoms with Crippen LogP contribution < -0.4 is 4.74 Å². The van der Waals surface area contributed by atoms with Crippen molar-refractivity contribution in [1.82, 2.24) is 0 Å². The van der Waals surface area contributed by atoms with Crippen LogP contribution in [0.5, 0.6) is 5.75 Å². The van der Waals surface area contributed by atoms with Gasteiger partial charge in [-0.2, -0.15) is 8.42 Å².